The van der Waals surface area contributed by atoms with E-state index in [1.54, 1.807) is 0 Å². The summed E-state index contributed by atoms with van der Waals surface area (Å²) in [5.41, 5.74) is 1.41. The van der Waals surface area contributed by atoms with E-state index in [0.717, 1.165) is 19.6 Å². The van der Waals surface area contributed by atoms with E-state index >= 15 is 0 Å². The fourth-order valence-corrected chi connectivity index (χ4v) is 2.48. The summed E-state index contributed by atoms with van der Waals surface area (Å²) in [7, 11) is 2.22. The first-order valence-electron chi connectivity index (χ1n) is 6.74. The number of rotatable bonds is 9. The Morgan fingerprint density at radius 3 is 2.61 bits per heavy atom. The van der Waals surface area contributed by atoms with Crippen molar-refractivity contribution in [2.45, 2.75) is 19.4 Å². The number of nitrogens with one attached hydrogen (secondary N) is 1. The van der Waals surface area contributed by atoms with Crippen LogP contribution in [0.2, 0.25) is 0 Å². The van der Waals surface area contributed by atoms with Crippen molar-refractivity contribution in [1.29, 1.82) is 0 Å². The van der Waals surface area contributed by atoms with Gasteiger partial charge in [0.25, 0.3) is 0 Å². The lowest BCUT2D eigenvalue weighted by atomic mass is 10.1. The Kier molecular flexibility index (Phi) is 8.14. The molecule has 1 aromatic rings. The zero-order valence-electron chi connectivity index (χ0n) is 11.9. The van der Waals surface area contributed by atoms with Crippen molar-refractivity contribution in [2.24, 2.45) is 0 Å². The smallest absolute Gasteiger partial charge is 0.0469 e. The number of hydrogen-bond acceptors (Lipinski definition) is 3. The normalized spacial score (nSPS) is 12.9. The fraction of sp³-hybridized carbons (Fsp3) is 0.600. The molecule has 1 N–H and O–H groups in total. The predicted molar refractivity (Wildman–Crippen MR) is 83.4 cm³/mol. The molecule has 0 saturated heterocycles. The van der Waals surface area contributed by atoms with Gasteiger partial charge in [-0.15, -0.1) is 0 Å². The summed E-state index contributed by atoms with van der Waals surface area (Å²) < 4.78 is 0. The highest BCUT2D eigenvalue weighted by atomic mass is 32.2. The van der Waals surface area contributed by atoms with Crippen LogP contribution in [0, 0.1) is 0 Å². The molecule has 1 unspecified atom stereocenters. The van der Waals surface area contributed by atoms with Gasteiger partial charge < -0.3 is 5.32 Å². The Bertz CT molecular complexity index is 303. The van der Waals surface area contributed by atoms with Gasteiger partial charge in [0, 0.05) is 24.9 Å². The highest BCUT2D eigenvalue weighted by Gasteiger charge is 2.15. The van der Waals surface area contributed by atoms with Crippen LogP contribution in [0.1, 0.15) is 24.9 Å². The summed E-state index contributed by atoms with van der Waals surface area (Å²) in [5, 5.41) is 3.54. The third-order valence-corrected chi connectivity index (χ3v) is 3.72. The highest BCUT2D eigenvalue weighted by Crippen LogP contribution is 2.18. The second-order valence-corrected chi connectivity index (χ2v) is 5.59. The summed E-state index contributed by atoms with van der Waals surface area (Å²) in [5.74, 6) is 1.19. The molecule has 0 heterocycles. The molecule has 0 aliphatic heterocycles. The highest BCUT2D eigenvalue weighted by molar-refractivity contribution is 7.98. The fourth-order valence-electron chi connectivity index (χ4n) is 2.01. The minimum absolute atomic E-state index is 0.477. The Morgan fingerprint density at radius 2 is 2.00 bits per heavy atom. The summed E-state index contributed by atoms with van der Waals surface area (Å²) in [6.45, 7) is 5.47. The van der Waals surface area contributed by atoms with E-state index < -0.39 is 0 Å². The van der Waals surface area contributed by atoms with Crippen LogP contribution in [0.15, 0.2) is 30.3 Å². The molecule has 0 fully saturated rings. The van der Waals surface area contributed by atoms with Gasteiger partial charge >= 0.3 is 0 Å². The van der Waals surface area contributed by atoms with Crippen molar-refractivity contribution in [2.75, 3.05) is 38.7 Å². The maximum absolute atomic E-state index is 3.54. The SMILES string of the molecule is CCCNCC(c1ccccc1)N(C)CCSC. The molecular weight excluding hydrogens is 240 g/mol. The average molecular weight is 266 g/mol. The third kappa shape index (κ3) is 5.42. The molecule has 0 spiro atoms. The van der Waals surface area contributed by atoms with Crippen molar-refractivity contribution in [3.05, 3.63) is 35.9 Å². The quantitative estimate of drug-likeness (QED) is 0.692. The standard InChI is InChI=1S/C15H26N2S/c1-4-10-16-13-15(17(2)11-12-18-3)14-8-6-5-7-9-14/h5-9,15-16H,4,10-13H2,1-3H3. The Labute approximate surface area is 116 Å². The molecule has 0 aromatic heterocycles. The van der Waals surface area contributed by atoms with E-state index in [-0.39, 0.29) is 0 Å². The van der Waals surface area contributed by atoms with Gasteiger partial charge in [-0.1, -0.05) is 37.3 Å². The maximum Gasteiger partial charge on any atom is 0.0469 e. The molecule has 0 aliphatic carbocycles. The topological polar surface area (TPSA) is 15.3 Å². The monoisotopic (exact) mass is 266 g/mol. The summed E-state index contributed by atoms with van der Waals surface area (Å²) in [6, 6.07) is 11.3. The van der Waals surface area contributed by atoms with Gasteiger partial charge in [0.15, 0.2) is 0 Å². The van der Waals surface area contributed by atoms with Crippen LogP contribution >= 0.6 is 11.8 Å². The van der Waals surface area contributed by atoms with Gasteiger partial charge in [-0.25, -0.2) is 0 Å². The molecule has 18 heavy (non-hydrogen) atoms. The van der Waals surface area contributed by atoms with Gasteiger partial charge in [-0.3, -0.25) is 4.90 Å². The lowest BCUT2D eigenvalue weighted by molar-refractivity contribution is 0.252. The molecule has 3 heteroatoms. The molecular formula is C15H26N2S. The molecule has 1 atom stereocenters. The van der Waals surface area contributed by atoms with Crippen LogP contribution in [-0.2, 0) is 0 Å². The number of thioether (sulfide) groups is 1. The second kappa shape index (κ2) is 9.42. The van der Waals surface area contributed by atoms with E-state index in [1.165, 1.54) is 17.7 Å². The number of hydrogen-bond donors (Lipinski definition) is 1. The Morgan fingerprint density at radius 1 is 1.28 bits per heavy atom. The number of nitrogens with zero attached hydrogens (tertiary/aromatic N) is 1. The molecule has 1 aromatic carbocycles. The lowest BCUT2D eigenvalue weighted by Gasteiger charge is -2.28. The van der Waals surface area contributed by atoms with Crippen molar-refractivity contribution in [1.82, 2.24) is 10.2 Å². The van der Waals surface area contributed by atoms with Crippen molar-refractivity contribution >= 4 is 11.8 Å². The summed E-state index contributed by atoms with van der Waals surface area (Å²) in [4.78, 5) is 2.45. The van der Waals surface area contributed by atoms with E-state index in [9.17, 15) is 0 Å². The molecule has 1 rings (SSSR count). The molecule has 0 saturated carbocycles. The maximum atomic E-state index is 3.54. The predicted octanol–water partition coefficient (Wildman–Crippen LogP) is 3.02. The van der Waals surface area contributed by atoms with Crippen LogP contribution < -0.4 is 5.32 Å². The van der Waals surface area contributed by atoms with Crippen LogP contribution in [0.25, 0.3) is 0 Å². The Hall–Kier alpha value is -0.510. The van der Waals surface area contributed by atoms with Crippen LogP contribution in [-0.4, -0.2) is 43.6 Å². The zero-order chi connectivity index (χ0) is 13.2. The van der Waals surface area contributed by atoms with Gasteiger partial charge in [0.1, 0.15) is 0 Å². The molecule has 0 bridgehead atoms. The summed E-state index contributed by atoms with van der Waals surface area (Å²) in [6.07, 6.45) is 3.36. The minimum Gasteiger partial charge on any atom is -0.315 e. The van der Waals surface area contributed by atoms with Gasteiger partial charge in [-0.05, 0) is 31.8 Å². The molecule has 0 amide bonds. The van der Waals surface area contributed by atoms with Crippen molar-refractivity contribution < 1.29 is 0 Å². The Balaban J connectivity index is 2.62. The van der Waals surface area contributed by atoms with Crippen LogP contribution in [0.3, 0.4) is 0 Å². The van der Waals surface area contributed by atoms with E-state index in [0.29, 0.717) is 6.04 Å². The van der Waals surface area contributed by atoms with Crippen LogP contribution in [0.5, 0.6) is 0 Å². The van der Waals surface area contributed by atoms with E-state index in [2.05, 4.69) is 60.8 Å². The molecule has 0 radical (unpaired) electrons. The largest absolute Gasteiger partial charge is 0.315 e. The molecule has 102 valence electrons. The third-order valence-electron chi connectivity index (χ3n) is 3.13. The van der Waals surface area contributed by atoms with Gasteiger partial charge in [0.05, 0.1) is 0 Å². The van der Waals surface area contributed by atoms with Crippen LogP contribution in [0.4, 0.5) is 0 Å². The zero-order valence-corrected chi connectivity index (χ0v) is 12.7. The van der Waals surface area contributed by atoms with Gasteiger partial charge in [-0.2, -0.15) is 11.8 Å². The first kappa shape index (κ1) is 15.5. The summed E-state index contributed by atoms with van der Waals surface area (Å²) >= 11 is 1.91. The average Bonchev–Trinajstić information content (AvgIpc) is 2.42. The number of benzene rings is 1. The minimum atomic E-state index is 0.477. The lowest BCUT2D eigenvalue weighted by Crippen LogP contribution is -2.35. The van der Waals surface area contributed by atoms with E-state index in [1.807, 2.05) is 11.8 Å². The van der Waals surface area contributed by atoms with Crippen molar-refractivity contribution in [3.63, 3.8) is 0 Å². The molecule has 2 nitrogen and oxygen atoms in total. The first-order chi connectivity index (χ1) is 8.79. The molecule has 0 aliphatic rings. The number of likely N-dealkylation sites (N-methyl/N-ethyl adjacent to an activating group) is 1. The first-order valence-corrected chi connectivity index (χ1v) is 8.13. The van der Waals surface area contributed by atoms with Crippen molar-refractivity contribution in [3.8, 4) is 0 Å². The van der Waals surface area contributed by atoms with E-state index in [4.69, 9.17) is 0 Å². The second-order valence-electron chi connectivity index (χ2n) is 4.60. The van der Waals surface area contributed by atoms with Gasteiger partial charge in [0.2, 0.25) is 0 Å².